The summed E-state index contributed by atoms with van der Waals surface area (Å²) in [7, 11) is 1.70. The van der Waals surface area contributed by atoms with Gasteiger partial charge in [-0.25, -0.2) is 0 Å². The molecule has 0 saturated heterocycles. The van der Waals surface area contributed by atoms with Crippen molar-refractivity contribution in [3.8, 4) is 0 Å². The van der Waals surface area contributed by atoms with E-state index in [2.05, 4.69) is 4.98 Å². The van der Waals surface area contributed by atoms with Crippen LogP contribution in [0.4, 0.5) is 0 Å². The van der Waals surface area contributed by atoms with Crippen LogP contribution in [0.2, 0.25) is 0 Å². The maximum absolute atomic E-state index is 11.9. The highest BCUT2D eigenvalue weighted by atomic mass is 16.5. The molecular formula is C13H17NO2. The lowest BCUT2D eigenvalue weighted by molar-refractivity contribution is -0.131. The molecule has 0 spiro atoms. The Labute approximate surface area is 95.8 Å². The second-order valence-electron chi connectivity index (χ2n) is 4.49. The molecule has 2 rings (SSSR count). The molecule has 86 valence electrons. The predicted molar refractivity (Wildman–Crippen MR) is 61.2 cm³/mol. The summed E-state index contributed by atoms with van der Waals surface area (Å²) in [6.07, 6.45) is 7.69. The second kappa shape index (κ2) is 4.74. The largest absolute Gasteiger partial charge is 0.378 e. The Morgan fingerprint density at radius 1 is 1.56 bits per heavy atom. The van der Waals surface area contributed by atoms with Crippen molar-refractivity contribution < 1.29 is 9.53 Å². The van der Waals surface area contributed by atoms with Crippen molar-refractivity contribution in [3.63, 3.8) is 0 Å². The van der Waals surface area contributed by atoms with Gasteiger partial charge in [0.25, 0.3) is 0 Å². The average molecular weight is 219 g/mol. The van der Waals surface area contributed by atoms with E-state index in [1.807, 2.05) is 12.1 Å². The van der Waals surface area contributed by atoms with E-state index in [0.29, 0.717) is 12.8 Å². The van der Waals surface area contributed by atoms with Crippen LogP contribution in [0.25, 0.3) is 0 Å². The minimum Gasteiger partial charge on any atom is -0.378 e. The number of carbonyl (C=O) groups is 1. The smallest absolute Gasteiger partial charge is 0.140 e. The van der Waals surface area contributed by atoms with Crippen LogP contribution in [0.3, 0.4) is 0 Å². The molecule has 1 aromatic rings. The number of nitrogens with zero attached hydrogens (tertiary/aromatic N) is 1. The number of methoxy groups -OCH3 is 1. The van der Waals surface area contributed by atoms with E-state index < -0.39 is 0 Å². The molecule has 0 aromatic carbocycles. The van der Waals surface area contributed by atoms with Gasteiger partial charge in [-0.15, -0.1) is 0 Å². The van der Waals surface area contributed by atoms with Gasteiger partial charge in [-0.2, -0.15) is 0 Å². The minimum absolute atomic E-state index is 0.153. The summed E-state index contributed by atoms with van der Waals surface area (Å²) in [5.41, 5.74) is 0.831. The van der Waals surface area contributed by atoms with E-state index in [4.69, 9.17) is 4.74 Å². The fourth-order valence-electron chi connectivity index (χ4n) is 2.18. The van der Waals surface area contributed by atoms with Crippen molar-refractivity contribution in [2.75, 3.05) is 7.11 Å². The second-order valence-corrected chi connectivity index (χ2v) is 4.49. The maximum Gasteiger partial charge on any atom is 0.140 e. The summed E-state index contributed by atoms with van der Waals surface area (Å²) in [4.78, 5) is 15.9. The van der Waals surface area contributed by atoms with Crippen molar-refractivity contribution in [1.29, 1.82) is 0 Å². The average Bonchev–Trinajstić information content (AvgIpc) is 2.25. The first-order valence-electron chi connectivity index (χ1n) is 5.70. The summed E-state index contributed by atoms with van der Waals surface area (Å²) in [6, 6.07) is 3.79. The molecule has 0 aliphatic heterocycles. The van der Waals surface area contributed by atoms with Crippen LogP contribution in [-0.2, 0) is 16.0 Å². The molecule has 0 N–H and O–H groups in total. The molecule has 1 aliphatic rings. The van der Waals surface area contributed by atoms with Crippen LogP contribution in [0.1, 0.15) is 31.2 Å². The summed E-state index contributed by atoms with van der Waals surface area (Å²) in [5, 5.41) is 0. The minimum atomic E-state index is -0.153. The highest BCUT2D eigenvalue weighted by Gasteiger charge is 2.38. The molecule has 0 unspecified atom stereocenters. The standard InChI is InChI=1S/C13H17NO2/c1-16-13(5-3-6-13)9-12(15)8-11-4-2-7-14-10-11/h2,4,7,10H,3,5-6,8-9H2,1H3. The quantitative estimate of drug-likeness (QED) is 0.761. The van der Waals surface area contributed by atoms with E-state index in [1.54, 1.807) is 19.5 Å². The van der Waals surface area contributed by atoms with E-state index in [1.165, 1.54) is 6.42 Å². The molecule has 0 bridgehead atoms. The number of carbonyl (C=O) groups excluding carboxylic acids is 1. The molecule has 1 heterocycles. The van der Waals surface area contributed by atoms with E-state index >= 15 is 0 Å². The molecule has 0 amide bonds. The molecule has 0 radical (unpaired) electrons. The summed E-state index contributed by atoms with van der Waals surface area (Å²) < 4.78 is 5.45. The van der Waals surface area contributed by atoms with Crippen molar-refractivity contribution in [2.24, 2.45) is 0 Å². The van der Waals surface area contributed by atoms with E-state index in [9.17, 15) is 4.79 Å². The van der Waals surface area contributed by atoms with E-state index in [0.717, 1.165) is 18.4 Å². The SMILES string of the molecule is COC1(CC(=O)Cc2cccnc2)CCC1. The normalized spacial score (nSPS) is 17.8. The number of hydrogen-bond donors (Lipinski definition) is 0. The van der Waals surface area contributed by atoms with Crippen LogP contribution in [-0.4, -0.2) is 23.5 Å². The lowest BCUT2D eigenvalue weighted by Crippen LogP contribution is -2.41. The Hall–Kier alpha value is -1.22. The van der Waals surface area contributed by atoms with Crippen molar-refractivity contribution >= 4 is 5.78 Å². The topological polar surface area (TPSA) is 39.2 Å². The number of hydrogen-bond acceptors (Lipinski definition) is 3. The summed E-state index contributed by atoms with van der Waals surface area (Å²) in [6.45, 7) is 0. The first-order valence-corrected chi connectivity index (χ1v) is 5.70. The molecule has 3 heteroatoms. The third kappa shape index (κ3) is 2.47. The van der Waals surface area contributed by atoms with Crippen LogP contribution in [0, 0.1) is 0 Å². The van der Waals surface area contributed by atoms with Gasteiger partial charge in [-0.05, 0) is 30.9 Å². The van der Waals surface area contributed by atoms with Crippen LogP contribution >= 0.6 is 0 Å². The molecule has 1 aromatic heterocycles. The number of rotatable bonds is 5. The van der Waals surface area contributed by atoms with Crippen molar-refractivity contribution in [2.45, 2.75) is 37.7 Å². The Kier molecular flexibility index (Phi) is 3.34. The molecular weight excluding hydrogens is 202 g/mol. The highest BCUT2D eigenvalue weighted by Crippen LogP contribution is 2.38. The van der Waals surface area contributed by atoms with Crippen LogP contribution in [0.5, 0.6) is 0 Å². The first-order chi connectivity index (χ1) is 7.74. The van der Waals surface area contributed by atoms with Gasteiger partial charge in [-0.1, -0.05) is 6.07 Å². The summed E-state index contributed by atoms with van der Waals surface area (Å²) in [5.74, 6) is 0.245. The number of pyridine rings is 1. The molecule has 3 nitrogen and oxygen atoms in total. The van der Waals surface area contributed by atoms with Gasteiger partial charge in [0.05, 0.1) is 5.60 Å². The van der Waals surface area contributed by atoms with Crippen LogP contribution < -0.4 is 0 Å². The molecule has 1 aliphatic carbocycles. The van der Waals surface area contributed by atoms with Gasteiger partial charge in [-0.3, -0.25) is 9.78 Å². The van der Waals surface area contributed by atoms with E-state index in [-0.39, 0.29) is 11.4 Å². The molecule has 1 fully saturated rings. The monoisotopic (exact) mass is 219 g/mol. The Balaban J connectivity index is 1.89. The molecule has 1 saturated carbocycles. The van der Waals surface area contributed by atoms with Crippen molar-refractivity contribution in [1.82, 2.24) is 4.98 Å². The number of aromatic nitrogens is 1. The highest BCUT2D eigenvalue weighted by molar-refractivity contribution is 5.81. The maximum atomic E-state index is 11.9. The lowest BCUT2D eigenvalue weighted by atomic mass is 9.76. The van der Waals surface area contributed by atoms with Gasteiger partial charge in [0.1, 0.15) is 5.78 Å². The van der Waals surface area contributed by atoms with Gasteiger partial charge in [0, 0.05) is 32.3 Å². The van der Waals surface area contributed by atoms with Crippen molar-refractivity contribution in [3.05, 3.63) is 30.1 Å². The number of Topliss-reactive ketones (excluding diaryl/α,β-unsaturated/α-hetero) is 1. The Morgan fingerprint density at radius 2 is 2.38 bits per heavy atom. The third-order valence-electron chi connectivity index (χ3n) is 3.34. The lowest BCUT2D eigenvalue weighted by Gasteiger charge is -2.40. The fourth-order valence-corrected chi connectivity index (χ4v) is 2.18. The third-order valence-corrected chi connectivity index (χ3v) is 3.34. The number of ketones is 1. The molecule has 16 heavy (non-hydrogen) atoms. The zero-order valence-corrected chi connectivity index (χ0v) is 9.61. The van der Waals surface area contributed by atoms with Crippen LogP contribution in [0.15, 0.2) is 24.5 Å². The van der Waals surface area contributed by atoms with Gasteiger partial charge in [0.15, 0.2) is 0 Å². The van der Waals surface area contributed by atoms with Gasteiger partial charge in [0.2, 0.25) is 0 Å². The fraction of sp³-hybridized carbons (Fsp3) is 0.538. The molecule has 0 atom stereocenters. The van der Waals surface area contributed by atoms with Gasteiger partial charge >= 0.3 is 0 Å². The number of ether oxygens (including phenoxy) is 1. The van der Waals surface area contributed by atoms with Gasteiger partial charge < -0.3 is 4.74 Å². The zero-order chi connectivity index (χ0) is 11.4. The zero-order valence-electron chi connectivity index (χ0n) is 9.61. The first kappa shape index (κ1) is 11.3. The Bertz CT molecular complexity index is 352. The Morgan fingerprint density at radius 3 is 2.88 bits per heavy atom. The summed E-state index contributed by atoms with van der Waals surface area (Å²) >= 11 is 0. The predicted octanol–water partition coefficient (Wildman–Crippen LogP) is 2.15.